The van der Waals surface area contributed by atoms with E-state index in [1.54, 1.807) is 0 Å². The highest BCUT2D eigenvalue weighted by Crippen LogP contribution is 2.25. The molecule has 1 aromatic carbocycles. The molecule has 0 unspecified atom stereocenters. The molecule has 1 aromatic rings. The van der Waals surface area contributed by atoms with E-state index in [4.69, 9.17) is 5.73 Å². The van der Waals surface area contributed by atoms with Crippen LogP contribution in [0, 0.1) is 0 Å². The lowest BCUT2D eigenvalue weighted by atomic mass is 9.89. The first kappa shape index (κ1) is 11.2. The average Bonchev–Trinajstić information content (AvgIpc) is 2.71. The monoisotopic (exact) mass is 231 g/mol. The molecule has 17 heavy (non-hydrogen) atoms. The summed E-state index contributed by atoms with van der Waals surface area (Å²) >= 11 is 0. The number of nitrogens with zero attached hydrogens (tertiary/aromatic N) is 1. The Hall–Kier alpha value is -0.900. The second-order valence-corrected chi connectivity index (χ2v) is 5.53. The van der Waals surface area contributed by atoms with Gasteiger partial charge in [0, 0.05) is 25.2 Å². The molecule has 0 amide bonds. The zero-order valence-electron chi connectivity index (χ0n) is 10.3. The van der Waals surface area contributed by atoms with Crippen LogP contribution < -0.4 is 11.1 Å². The second-order valence-electron chi connectivity index (χ2n) is 5.53. The zero-order valence-corrected chi connectivity index (χ0v) is 10.3. The Labute approximate surface area is 103 Å². The van der Waals surface area contributed by atoms with E-state index < -0.39 is 0 Å². The highest BCUT2D eigenvalue weighted by molar-refractivity contribution is 5.30. The van der Waals surface area contributed by atoms with Gasteiger partial charge in [0.1, 0.15) is 0 Å². The van der Waals surface area contributed by atoms with Crippen molar-refractivity contribution in [1.29, 1.82) is 0 Å². The third-order valence-corrected chi connectivity index (χ3v) is 4.04. The lowest BCUT2D eigenvalue weighted by Crippen LogP contribution is -2.55. The number of piperidine rings is 1. The van der Waals surface area contributed by atoms with Gasteiger partial charge in [-0.15, -0.1) is 0 Å². The molecule has 0 atom stereocenters. The first-order valence-corrected chi connectivity index (χ1v) is 6.54. The van der Waals surface area contributed by atoms with Crippen molar-refractivity contribution in [2.75, 3.05) is 19.6 Å². The van der Waals surface area contributed by atoms with E-state index in [1.807, 2.05) is 0 Å². The van der Waals surface area contributed by atoms with Crippen LogP contribution in [0.5, 0.6) is 0 Å². The molecule has 1 fully saturated rings. The Morgan fingerprint density at radius 3 is 2.29 bits per heavy atom. The molecule has 2 aliphatic rings. The Morgan fingerprint density at radius 1 is 1.12 bits per heavy atom. The SMILES string of the molecule is NC1(CN2Cc3ccccc3C2)CCNCC1. The van der Waals surface area contributed by atoms with Crippen LogP contribution in [0.2, 0.25) is 0 Å². The van der Waals surface area contributed by atoms with Gasteiger partial charge >= 0.3 is 0 Å². The van der Waals surface area contributed by atoms with E-state index >= 15 is 0 Å². The van der Waals surface area contributed by atoms with Crippen molar-refractivity contribution in [2.24, 2.45) is 5.73 Å². The molecule has 2 aliphatic heterocycles. The maximum absolute atomic E-state index is 6.49. The Balaban J connectivity index is 1.65. The number of rotatable bonds is 2. The molecular weight excluding hydrogens is 210 g/mol. The zero-order chi connectivity index (χ0) is 11.7. The van der Waals surface area contributed by atoms with Gasteiger partial charge in [0.05, 0.1) is 0 Å². The summed E-state index contributed by atoms with van der Waals surface area (Å²) in [5.74, 6) is 0. The van der Waals surface area contributed by atoms with E-state index in [-0.39, 0.29) is 5.54 Å². The van der Waals surface area contributed by atoms with Gasteiger partial charge in [-0.05, 0) is 37.1 Å². The van der Waals surface area contributed by atoms with Crippen LogP contribution in [-0.2, 0) is 13.1 Å². The molecule has 0 bridgehead atoms. The highest BCUT2D eigenvalue weighted by Gasteiger charge is 2.31. The Kier molecular flexibility index (Phi) is 2.90. The van der Waals surface area contributed by atoms with E-state index in [2.05, 4.69) is 34.5 Å². The van der Waals surface area contributed by atoms with Crippen LogP contribution in [0.15, 0.2) is 24.3 Å². The fourth-order valence-electron chi connectivity index (χ4n) is 3.04. The summed E-state index contributed by atoms with van der Waals surface area (Å²) in [6.07, 6.45) is 2.19. The normalized spacial score (nSPS) is 23.6. The number of fused-ring (bicyclic) bond motifs is 1. The molecule has 0 spiro atoms. The van der Waals surface area contributed by atoms with Crippen LogP contribution in [0.3, 0.4) is 0 Å². The molecule has 3 N–H and O–H groups in total. The number of nitrogens with one attached hydrogen (secondary N) is 1. The van der Waals surface area contributed by atoms with Crippen molar-refractivity contribution in [3.63, 3.8) is 0 Å². The lowest BCUT2D eigenvalue weighted by Gasteiger charge is -2.37. The largest absolute Gasteiger partial charge is 0.324 e. The molecule has 3 rings (SSSR count). The maximum atomic E-state index is 6.49. The van der Waals surface area contributed by atoms with Crippen LogP contribution in [0.1, 0.15) is 24.0 Å². The Bertz CT molecular complexity index is 371. The highest BCUT2D eigenvalue weighted by atomic mass is 15.2. The molecule has 0 saturated carbocycles. The molecule has 0 aliphatic carbocycles. The number of nitrogens with two attached hydrogens (primary N) is 1. The van der Waals surface area contributed by atoms with Crippen molar-refractivity contribution >= 4 is 0 Å². The number of benzene rings is 1. The topological polar surface area (TPSA) is 41.3 Å². The summed E-state index contributed by atoms with van der Waals surface area (Å²) in [7, 11) is 0. The number of hydrogen-bond acceptors (Lipinski definition) is 3. The van der Waals surface area contributed by atoms with Gasteiger partial charge in [-0.25, -0.2) is 0 Å². The molecule has 0 radical (unpaired) electrons. The molecular formula is C14H21N3. The fourth-order valence-corrected chi connectivity index (χ4v) is 3.04. The van der Waals surface area contributed by atoms with Crippen molar-refractivity contribution in [2.45, 2.75) is 31.5 Å². The van der Waals surface area contributed by atoms with Gasteiger partial charge in [-0.2, -0.15) is 0 Å². The van der Waals surface area contributed by atoms with Gasteiger partial charge in [0.2, 0.25) is 0 Å². The van der Waals surface area contributed by atoms with Crippen molar-refractivity contribution < 1.29 is 0 Å². The number of hydrogen-bond donors (Lipinski definition) is 2. The van der Waals surface area contributed by atoms with Crippen molar-refractivity contribution in [3.8, 4) is 0 Å². The van der Waals surface area contributed by atoms with Gasteiger partial charge in [-0.3, -0.25) is 4.90 Å². The van der Waals surface area contributed by atoms with E-state index in [0.717, 1.165) is 45.6 Å². The minimum Gasteiger partial charge on any atom is -0.324 e. The van der Waals surface area contributed by atoms with Crippen molar-refractivity contribution in [3.05, 3.63) is 35.4 Å². The molecule has 1 saturated heterocycles. The third kappa shape index (κ3) is 2.37. The summed E-state index contributed by atoms with van der Waals surface area (Å²) in [4.78, 5) is 2.50. The molecule has 0 aromatic heterocycles. The Morgan fingerprint density at radius 2 is 1.71 bits per heavy atom. The van der Waals surface area contributed by atoms with E-state index in [0.29, 0.717) is 0 Å². The average molecular weight is 231 g/mol. The third-order valence-electron chi connectivity index (χ3n) is 4.04. The molecule has 3 nitrogen and oxygen atoms in total. The summed E-state index contributed by atoms with van der Waals surface area (Å²) in [5, 5.41) is 3.38. The van der Waals surface area contributed by atoms with Crippen LogP contribution >= 0.6 is 0 Å². The van der Waals surface area contributed by atoms with Gasteiger partial charge in [0.15, 0.2) is 0 Å². The summed E-state index contributed by atoms with van der Waals surface area (Å²) in [6.45, 7) is 5.31. The van der Waals surface area contributed by atoms with Gasteiger partial charge in [0.25, 0.3) is 0 Å². The smallest absolute Gasteiger partial charge is 0.0307 e. The van der Waals surface area contributed by atoms with Crippen LogP contribution in [-0.4, -0.2) is 30.1 Å². The lowest BCUT2D eigenvalue weighted by molar-refractivity contribution is 0.179. The van der Waals surface area contributed by atoms with Gasteiger partial charge < -0.3 is 11.1 Å². The van der Waals surface area contributed by atoms with Crippen LogP contribution in [0.25, 0.3) is 0 Å². The summed E-state index contributed by atoms with van der Waals surface area (Å²) in [5.41, 5.74) is 9.47. The van der Waals surface area contributed by atoms with Crippen molar-refractivity contribution in [1.82, 2.24) is 10.2 Å². The van der Waals surface area contributed by atoms with E-state index in [1.165, 1.54) is 11.1 Å². The molecule has 3 heteroatoms. The van der Waals surface area contributed by atoms with Gasteiger partial charge in [-0.1, -0.05) is 24.3 Å². The first-order chi connectivity index (χ1) is 8.25. The summed E-state index contributed by atoms with van der Waals surface area (Å²) < 4.78 is 0. The predicted octanol–water partition coefficient (Wildman–Crippen LogP) is 1.08. The maximum Gasteiger partial charge on any atom is 0.0307 e. The molecule has 92 valence electrons. The second kappa shape index (κ2) is 4.41. The van der Waals surface area contributed by atoms with Crippen LogP contribution in [0.4, 0.5) is 0 Å². The quantitative estimate of drug-likeness (QED) is 0.800. The minimum absolute atomic E-state index is 0.0211. The predicted molar refractivity (Wildman–Crippen MR) is 69.6 cm³/mol. The first-order valence-electron chi connectivity index (χ1n) is 6.54. The summed E-state index contributed by atoms with van der Waals surface area (Å²) in [6, 6.07) is 8.73. The molecule has 2 heterocycles. The van der Waals surface area contributed by atoms with E-state index in [9.17, 15) is 0 Å². The minimum atomic E-state index is 0.0211. The standard InChI is InChI=1S/C14H21N3/c15-14(5-7-16-8-6-14)11-17-9-12-3-1-2-4-13(12)10-17/h1-4,16H,5-11,15H2. The fraction of sp³-hybridized carbons (Fsp3) is 0.571.